The van der Waals surface area contributed by atoms with Crippen LogP contribution in [0.1, 0.15) is 35.1 Å². The first-order valence-corrected chi connectivity index (χ1v) is 10.4. The Morgan fingerprint density at radius 3 is 2.62 bits per heavy atom. The summed E-state index contributed by atoms with van der Waals surface area (Å²) in [7, 11) is -2.16. The molecule has 0 radical (unpaired) electrons. The van der Waals surface area contributed by atoms with Gasteiger partial charge in [-0.1, -0.05) is 6.07 Å². The lowest BCUT2D eigenvalue weighted by Gasteiger charge is -2.24. The van der Waals surface area contributed by atoms with E-state index in [2.05, 4.69) is 15.9 Å². The zero-order valence-electron chi connectivity index (χ0n) is 13.5. The number of benzene rings is 1. The predicted octanol–water partition coefficient (Wildman–Crippen LogP) is 4.07. The van der Waals surface area contributed by atoms with E-state index in [0.29, 0.717) is 10.0 Å². The molecule has 0 aliphatic heterocycles. The van der Waals surface area contributed by atoms with Crippen LogP contribution in [0.25, 0.3) is 0 Å². The van der Waals surface area contributed by atoms with Crippen LogP contribution in [0.3, 0.4) is 0 Å². The van der Waals surface area contributed by atoms with Crippen molar-refractivity contribution in [1.82, 2.24) is 4.31 Å². The van der Waals surface area contributed by atoms with Crippen molar-refractivity contribution in [3.05, 3.63) is 50.6 Å². The third-order valence-corrected chi connectivity index (χ3v) is 7.55. The zero-order valence-corrected chi connectivity index (χ0v) is 16.7. The molecule has 8 heteroatoms. The Balaban J connectivity index is 2.34. The van der Waals surface area contributed by atoms with E-state index in [9.17, 15) is 13.2 Å². The summed E-state index contributed by atoms with van der Waals surface area (Å²) in [5, 5.41) is 1.91. The van der Waals surface area contributed by atoms with Crippen LogP contribution >= 0.6 is 27.3 Å². The van der Waals surface area contributed by atoms with Crippen LogP contribution in [0.2, 0.25) is 0 Å². The number of sulfonamides is 1. The number of rotatable bonds is 6. The highest BCUT2D eigenvalue weighted by Gasteiger charge is 2.29. The first-order chi connectivity index (χ1) is 11.3. The summed E-state index contributed by atoms with van der Waals surface area (Å²) >= 11 is 4.77. The van der Waals surface area contributed by atoms with Gasteiger partial charge in [-0.15, -0.1) is 11.3 Å². The topological polar surface area (TPSA) is 63.7 Å². The number of thiophene rings is 1. The summed E-state index contributed by atoms with van der Waals surface area (Å²) < 4.78 is 32.3. The average Bonchev–Trinajstić information content (AvgIpc) is 3.07. The Hall–Kier alpha value is -1.22. The number of carbonyl (C=O) groups is 1. The highest BCUT2D eigenvalue weighted by molar-refractivity contribution is 9.10. The minimum absolute atomic E-state index is 0.112. The molecule has 130 valence electrons. The molecule has 0 bridgehead atoms. The van der Waals surface area contributed by atoms with Crippen molar-refractivity contribution in [1.29, 1.82) is 0 Å². The van der Waals surface area contributed by atoms with Crippen LogP contribution in [0, 0.1) is 0 Å². The molecule has 1 heterocycles. The second-order valence-corrected chi connectivity index (χ2v) is 8.88. The number of nitrogens with zero attached hydrogens (tertiary/aromatic N) is 1. The lowest BCUT2D eigenvalue weighted by Crippen LogP contribution is -2.29. The van der Waals surface area contributed by atoms with Gasteiger partial charge in [-0.25, -0.2) is 13.2 Å². The molecule has 1 aromatic carbocycles. The van der Waals surface area contributed by atoms with Crippen molar-refractivity contribution in [3.8, 4) is 0 Å². The molecule has 0 amide bonds. The molecule has 1 aromatic heterocycles. The second-order valence-electron chi connectivity index (χ2n) is 5.08. The van der Waals surface area contributed by atoms with E-state index < -0.39 is 16.0 Å². The number of ether oxygens (including phenoxy) is 1. The van der Waals surface area contributed by atoms with E-state index in [1.807, 2.05) is 24.4 Å². The summed E-state index contributed by atoms with van der Waals surface area (Å²) in [6, 6.07) is 7.85. The fourth-order valence-corrected chi connectivity index (χ4v) is 5.39. The maximum Gasteiger partial charge on any atom is 0.338 e. The molecule has 0 saturated heterocycles. The standard InChI is InChI=1S/C16H18BrNO4S2/c1-4-22-16(19)12-7-8-15(13(17)10-12)24(20,21)18(3)11(2)14-6-5-9-23-14/h5-11H,4H2,1-3H3/t11-/m0/s1. The van der Waals surface area contributed by atoms with Gasteiger partial charge in [0.2, 0.25) is 10.0 Å². The summed E-state index contributed by atoms with van der Waals surface area (Å²) in [6.07, 6.45) is 0. The average molecular weight is 432 g/mol. The molecule has 1 atom stereocenters. The highest BCUT2D eigenvalue weighted by Crippen LogP contribution is 2.32. The number of hydrogen-bond donors (Lipinski definition) is 0. The van der Waals surface area contributed by atoms with Crippen molar-refractivity contribution in [3.63, 3.8) is 0 Å². The van der Waals surface area contributed by atoms with E-state index in [1.165, 1.54) is 33.8 Å². The van der Waals surface area contributed by atoms with Gasteiger partial charge in [0.1, 0.15) is 0 Å². The summed E-state index contributed by atoms with van der Waals surface area (Å²) in [4.78, 5) is 12.8. The Bertz CT molecular complexity index is 819. The monoisotopic (exact) mass is 431 g/mol. The maximum absolute atomic E-state index is 12.9. The van der Waals surface area contributed by atoms with E-state index in [4.69, 9.17) is 4.74 Å². The number of hydrogen-bond acceptors (Lipinski definition) is 5. The molecule has 0 aliphatic carbocycles. The van der Waals surface area contributed by atoms with Gasteiger partial charge in [0.05, 0.1) is 23.1 Å². The molecule has 0 N–H and O–H groups in total. The highest BCUT2D eigenvalue weighted by atomic mass is 79.9. The Morgan fingerprint density at radius 2 is 2.08 bits per heavy atom. The van der Waals surface area contributed by atoms with Crippen LogP contribution in [-0.4, -0.2) is 32.3 Å². The van der Waals surface area contributed by atoms with Crippen molar-refractivity contribution in [2.45, 2.75) is 24.8 Å². The van der Waals surface area contributed by atoms with Gasteiger partial charge in [-0.2, -0.15) is 4.31 Å². The molecular weight excluding hydrogens is 414 g/mol. The summed E-state index contributed by atoms with van der Waals surface area (Å²) in [6.45, 7) is 3.81. The molecule has 0 saturated carbocycles. The fraction of sp³-hybridized carbons (Fsp3) is 0.312. The lowest BCUT2D eigenvalue weighted by molar-refractivity contribution is 0.0526. The van der Waals surface area contributed by atoms with Crippen LogP contribution in [0.4, 0.5) is 0 Å². The number of esters is 1. The van der Waals surface area contributed by atoms with E-state index in [0.717, 1.165) is 4.88 Å². The SMILES string of the molecule is CCOC(=O)c1ccc(S(=O)(=O)N(C)[C@@H](C)c2cccs2)c(Br)c1. The molecule has 0 unspecified atom stereocenters. The van der Waals surface area contributed by atoms with Gasteiger partial charge < -0.3 is 4.74 Å². The molecule has 0 fully saturated rings. The summed E-state index contributed by atoms with van der Waals surface area (Å²) in [5.41, 5.74) is 0.302. The predicted molar refractivity (Wildman–Crippen MR) is 97.8 cm³/mol. The first kappa shape index (κ1) is 19.1. The second kappa shape index (κ2) is 7.77. The molecule has 0 spiro atoms. The van der Waals surface area contributed by atoms with Crippen LogP contribution in [-0.2, 0) is 14.8 Å². The molecule has 2 aromatic rings. The van der Waals surface area contributed by atoms with Gasteiger partial charge in [-0.05, 0) is 59.4 Å². The minimum atomic E-state index is -3.71. The quantitative estimate of drug-likeness (QED) is 0.646. The lowest BCUT2D eigenvalue weighted by atomic mass is 10.2. The molecule has 0 aliphatic rings. The molecule has 2 rings (SSSR count). The largest absolute Gasteiger partial charge is 0.462 e. The van der Waals surface area contributed by atoms with Crippen molar-refractivity contribution >= 4 is 43.3 Å². The number of halogens is 1. The fourth-order valence-electron chi connectivity index (χ4n) is 2.12. The first-order valence-electron chi connectivity index (χ1n) is 7.27. The minimum Gasteiger partial charge on any atom is -0.462 e. The van der Waals surface area contributed by atoms with Crippen LogP contribution in [0.15, 0.2) is 45.1 Å². The number of carbonyl (C=O) groups excluding carboxylic acids is 1. The zero-order chi connectivity index (χ0) is 17.9. The van der Waals surface area contributed by atoms with E-state index in [1.54, 1.807) is 14.0 Å². The van der Waals surface area contributed by atoms with E-state index in [-0.39, 0.29) is 17.5 Å². The maximum atomic E-state index is 12.9. The Morgan fingerprint density at radius 1 is 1.38 bits per heavy atom. The van der Waals surface area contributed by atoms with Gasteiger partial charge in [-0.3, -0.25) is 0 Å². The van der Waals surface area contributed by atoms with Gasteiger partial charge in [0.15, 0.2) is 0 Å². The van der Waals surface area contributed by atoms with Gasteiger partial charge in [0, 0.05) is 16.4 Å². The Kier molecular flexibility index (Phi) is 6.19. The van der Waals surface area contributed by atoms with E-state index >= 15 is 0 Å². The van der Waals surface area contributed by atoms with Gasteiger partial charge >= 0.3 is 5.97 Å². The van der Waals surface area contributed by atoms with Crippen molar-refractivity contribution in [2.24, 2.45) is 0 Å². The molecule has 5 nitrogen and oxygen atoms in total. The third-order valence-electron chi connectivity index (χ3n) is 3.60. The van der Waals surface area contributed by atoms with Crippen molar-refractivity contribution < 1.29 is 17.9 Å². The normalized spacial score (nSPS) is 13.0. The van der Waals surface area contributed by atoms with Crippen molar-refractivity contribution in [2.75, 3.05) is 13.7 Å². The van der Waals surface area contributed by atoms with Crippen LogP contribution < -0.4 is 0 Å². The van der Waals surface area contributed by atoms with Gasteiger partial charge in [0.25, 0.3) is 0 Å². The molecule has 24 heavy (non-hydrogen) atoms. The summed E-state index contributed by atoms with van der Waals surface area (Å²) in [5.74, 6) is -0.484. The smallest absolute Gasteiger partial charge is 0.338 e. The third kappa shape index (κ3) is 3.88. The molecular formula is C16H18BrNO4S2. The van der Waals surface area contributed by atoms with Crippen LogP contribution in [0.5, 0.6) is 0 Å². The Labute approximate surface area is 154 Å².